The van der Waals surface area contributed by atoms with Crippen molar-refractivity contribution in [2.75, 3.05) is 0 Å². The molecule has 0 saturated heterocycles. The summed E-state index contributed by atoms with van der Waals surface area (Å²) in [6.07, 6.45) is 3.16. The number of halogens is 1. The van der Waals surface area contributed by atoms with E-state index in [2.05, 4.69) is 31.4 Å². The second-order valence-corrected chi connectivity index (χ2v) is 8.93. The number of nitrogens with one attached hydrogen (secondary N) is 1. The minimum Gasteiger partial charge on any atom is -0.484 e. The zero-order valence-electron chi connectivity index (χ0n) is 17.3. The predicted molar refractivity (Wildman–Crippen MR) is 130 cm³/mol. The Hall–Kier alpha value is -2.51. The van der Waals surface area contributed by atoms with E-state index in [4.69, 9.17) is 21.8 Å². The maximum atomic E-state index is 6.10. The summed E-state index contributed by atoms with van der Waals surface area (Å²) in [7, 11) is 0. The van der Waals surface area contributed by atoms with E-state index in [1.165, 1.54) is 0 Å². The van der Waals surface area contributed by atoms with Crippen LogP contribution in [0.3, 0.4) is 0 Å². The zero-order chi connectivity index (χ0) is 21.7. The van der Waals surface area contributed by atoms with Crippen LogP contribution in [0.25, 0.3) is 10.9 Å². The van der Waals surface area contributed by atoms with Gasteiger partial charge in [0.1, 0.15) is 16.8 Å². The van der Waals surface area contributed by atoms with E-state index in [1.54, 1.807) is 12.4 Å². The van der Waals surface area contributed by atoms with Crippen LogP contribution in [0, 0.1) is 6.92 Å². The van der Waals surface area contributed by atoms with E-state index in [9.17, 15) is 0 Å². The lowest BCUT2D eigenvalue weighted by molar-refractivity contribution is 0.283. The van der Waals surface area contributed by atoms with Gasteiger partial charge in [-0.05, 0) is 79.5 Å². The topological polar surface area (TPSA) is 55.7 Å². The second-order valence-electron chi connectivity index (χ2n) is 7.58. The van der Waals surface area contributed by atoms with E-state index in [-0.39, 0.29) is 6.10 Å². The van der Waals surface area contributed by atoms with Gasteiger partial charge in [-0.1, -0.05) is 35.6 Å². The van der Waals surface area contributed by atoms with E-state index in [1.807, 2.05) is 76.2 Å². The molecule has 0 aliphatic heterocycles. The van der Waals surface area contributed by atoms with Crippen molar-refractivity contribution in [2.45, 2.75) is 39.3 Å². The van der Waals surface area contributed by atoms with Gasteiger partial charge in [-0.15, -0.1) is 0 Å². The molecule has 0 aliphatic carbocycles. The molecular weight excluding hydrogens is 462 g/mol. The quantitative estimate of drug-likeness (QED) is 0.259. The Labute approximate surface area is 190 Å². The van der Waals surface area contributed by atoms with Crippen LogP contribution in [-0.2, 0) is 0 Å². The average Bonchev–Trinajstić information content (AvgIpc) is 2.68. The Morgan fingerprint density at radius 2 is 1.93 bits per heavy atom. The first-order chi connectivity index (χ1) is 14.2. The third-order valence-corrected chi connectivity index (χ3v) is 5.19. The number of benzene rings is 2. The number of pyridine rings is 1. The summed E-state index contributed by atoms with van der Waals surface area (Å²) >= 11 is 9.03. The molecule has 0 fully saturated rings. The molecule has 2 aromatic carbocycles. The largest absolute Gasteiger partial charge is 0.484 e. The molecule has 5 nitrogen and oxygen atoms in total. The number of oxime groups is 1. The minimum atomic E-state index is -0.502. The Morgan fingerprint density at radius 1 is 1.20 bits per heavy atom. The number of thiocarbonyl (C=S) groups is 1. The normalized spacial score (nSPS) is 12.7. The fraction of sp³-hybridized carbons (Fsp3) is 0.261. The molecule has 0 bridgehead atoms. The summed E-state index contributed by atoms with van der Waals surface area (Å²) < 4.78 is 7.03. The Balaban J connectivity index is 1.63. The van der Waals surface area contributed by atoms with Gasteiger partial charge >= 0.3 is 0 Å². The molecule has 1 unspecified atom stereocenters. The van der Waals surface area contributed by atoms with Gasteiger partial charge in [0.2, 0.25) is 0 Å². The van der Waals surface area contributed by atoms with Crippen molar-refractivity contribution in [1.29, 1.82) is 0 Å². The predicted octanol–water partition coefficient (Wildman–Crippen LogP) is 5.83. The van der Waals surface area contributed by atoms with Crippen molar-refractivity contribution in [3.8, 4) is 11.5 Å². The van der Waals surface area contributed by atoms with E-state index < -0.39 is 5.54 Å². The number of aromatic nitrogens is 1. The third-order valence-electron chi connectivity index (χ3n) is 4.32. The van der Waals surface area contributed by atoms with Crippen molar-refractivity contribution < 1.29 is 9.57 Å². The maximum absolute atomic E-state index is 6.10. The Morgan fingerprint density at radius 3 is 2.67 bits per heavy atom. The van der Waals surface area contributed by atoms with E-state index in [0.29, 0.717) is 10.7 Å². The van der Waals surface area contributed by atoms with Crippen molar-refractivity contribution >= 4 is 50.3 Å². The molecular formula is C23H24BrN3O2S. The van der Waals surface area contributed by atoms with Gasteiger partial charge in [0.05, 0.1) is 17.3 Å². The van der Waals surface area contributed by atoms with Gasteiger partial charge in [-0.3, -0.25) is 4.98 Å². The van der Waals surface area contributed by atoms with Crippen molar-refractivity contribution in [3.63, 3.8) is 0 Å². The lowest BCUT2D eigenvalue weighted by Crippen LogP contribution is -2.48. The van der Waals surface area contributed by atoms with Crippen LogP contribution in [0.4, 0.5) is 0 Å². The third kappa shape index (κ3) is 6.00. The number of ether oxygens (including phenoxy) is 1. The first-order valence-electron chi connectivity index (χ1n) is 9.55. The molecule has 1 atom stereocenters. The molecule has 156 valence electrons. The Kier molecular flexibility index (Phi) is 7.05. The highest BCUT2D eigenvalue weighted by Gasteiger charge is 2.21. The fourth-order valence-electron chi connectivity index (χ4n) is 2.85. The average molecular weight is 486 g/mol. The molecule has 7 heteroatoms. The van der Waals surface area contributed by atoms with Crippen LogP contribution >= 0.6 is 28.1 Å². The highest BCUT2D eigenvalue weighted by Crippen LogP contribution is 2.26. The van der Waals surface area contributed by atoms with Crippen LogP contribution in [0.15, 0.2) is 64.4 Å². The summed E-state index contributed by atoms with van der Waals surface area (Å²) in [4.78, 5) is 10.4. The van der Waals surface area contributed by atoms with Gasteiger partial charge < -0.3 is 14.9 Å². The molecule has 0 spiro atoms. The first kappa shape index (κ1) is 22.2. The number of nitrogens with zero attached hydrogens (tertiary/aromatic N) is 2. The van der Waals surface area contributed by atoms with Crippen LogP contribution in [-0.4, -0.2) is 27.8 Å². The van der Waals surface area contributed by atoms with Gasteiger partial charge in [-0.25, -0.2) is 0 Å². The molecule has 30 heavy (non-hydrogen) atoms. The molecule has 3 aromatic rings. The number of hydrogen-bond acceptors (Lipinski definition) is 5. The van der Waals surface area contributed by atoms with Crippen molar-refractivity contribution in [1.82, 2.24) is 10.3 Å². The number of fused-ring (bicyclic) bond motifs is 1. The fourth-order valence-corrected chi connectivity index (χ4v) is 3.51. The molecule has 0 aliphatic rings. The summed E-state index contributed by atoms with van der Waals surface area (Å²) in [5, 5.41) is 8.36. The molecule has 0 radical (unpaired) electrons. The molecule has 0 amide bonds. The van der Waals surface area contributed by atoms with Gasteiger partial charge in [0, 0.05) is 16.1 Å². The molecule has 1 N–H and O–H groups in total. The van der Waals surface area contributed by atoms with E-state index >= 15 is 0 Å². The highest BCUT2D eigenvalue weighted by molar-refractivity contribution is 9.10. The van der Waals surface area contributed by atoms with Gasteiger partial charge in [0.25, 0.3) is 0 Å². The van der Waals surface area contributed by atoms with Crippen LogP contribution in [0.5, 0.6) is 11.5 Å². The van der Waals surface area contributed by atoms with Crippen molar-refractivity contribution in [3.05, 3.63) is 64.8 Å². The lowest BCUT2D eigenvalue weighted by Gasteiger charge is -2.26. The molecule has 3 rings (SSSR count). The molecule has 1 aromatic heterocycles. The van der Waals surface area contributed by atoms with Gasteiger partial charge in [0.15, 0.2) is 5.75 Å². The van der Waals surface area contributed by atoms with Crippen LogP contribution in [0.1, 0.15) is 26.3 Å². The van der Waals surface area contributed by atoms with Crippen molar-refractivity contribution in [2.24, 2.45) is 5.16 Å². The maximum Gasteiger partial charge on any atom is 0.157 e. The standard InChI is InChI=1S/C23H24BrN3O2S/c1-15-10-20(12-17-11-18(24)13-25-21(15)17)28-16(2)22(30)27-23(3,4)14-26-29-19-8-6-5-7-9-19/h5-14,16H,1-4H3,(H,27,30). The van der Waals surface area contributed by atoms with Gasteiger partial charge in [-0.2, -0.15) is 0 Å². The minimum absolute atomic E-state index is 0.320. The smallest absolute Gasteiger partial charge is 0.157 e. The number of aryl methyl sites for hydroxylation is 1. The highest BCUT2D eigenvalue weighted by atomic mass is 79.9. The molecule has 1 heterocycles. The molecule has 0 saturated carbocycles. The zero-order valence-corrected chi connectivity index (χ0v) is 19.8. The summed E-state index contributed by atoms with van der Waals surface area (Å²) in [6, 6.07) is 15.4. The number of hydrogen-bond donors (Lipinski definition) is 1. The second kappa shape index (κ2) is 9.53. The van der Waals surface area contributed by atoms with Crippen LogP contribution in [0.2, 0.25) is 0 Å². The summed E-state index contributed by atoms with van der Waals surface area (Å²) in [5.41, 5.74) is 1.50. The first-order valence-corrected chi connectivity index (χ1v) is 10.7. The van der Waals surface area contributed by atoms with E-state index in [0.717, 1.165) is 26.7 Å². The SMILES string of the molecule is Cc1cc(OC(C)C(=S)NC(C)(C)C=NOc2ccccc2)cc2cc(Br)cnc12. The number of rotatable bonds is 7. The monoisotopic (exact) mass is 485 g/mol. The summed E-state index contributed by atoms with van der Waals surface area (Å²) in [6.45, 7) is 7.87. The Bertz CT molecular complexity index is 1070. The number of para-hydroxylation sites is 1. The lowest BCUT2D eigenvalue weighted by atomic mass is 10.1. The summed E-state index contributed by atoms with van der Waals surface area (Å²) in [5.74, 6) is 1.42. The van der Waals surface area contributed by atoms with Crippen LogP contribution < -0.4 is 14.9 Å².